The fourth-order valence-electron chi connectivity index (χ4n) is 2.16. The van der Waals surface area contributed by atoms with Gasteiger partial charge in [0.15, 0.2) is 0 Å². The van der Waals surface area contributed by atoms with E-state index < -0.39 is 0 Å². The molecule has 1 N–H and O–H groups in total. The van der Waals surface area contributed by atoms with Crippen LogP contribution in [-0.2, 0) is 9.59 Å². The van der Waals surface area contributed by atoms with Gasteiger partial charge in [-0.05, 0) is 25.7 Å². The molecule has 0 radical (unpaired) electrons. The van der Waals surface area contributed by atoms with E-state index in [9.17, 15) is 9.59 Å². The van der Waals surface area contributed by atoms with E-state index >= 15 is 0 Å². The molecule has 0 aromatic rings. The van der Waals surface area contributed by atoms with Crippen LogP contribution in [0.3, 0.4) is 0 Å². The Morgan fingerprint density at radius 1 is 1.40 bits per heavy atom. The highest BCUT2D eigenvalue weighted by atomic mass is 16.2. The van der Waals surface area contributed by atoms with Crippen LogP contribution in [0.4, 0.5) is 0 Å². The molecule has 15 heavy (non-hydrogen) atoms. The summed E-state index contributed by atoms with van der Waals surface area (Å²) in [5.74, 6) is 0.745. The Balaban J connectivity index is 1.95. The summed E-state index contributed by atoms with van der Waals surface area (Å²) in [6.07, 6.45) is 4.21. The lowest BCUT2D eigenvalue weighted by Gasteiger charge is -2.32. The molecule has 2 rings (SSSR count). The lowest BCUT2D eigenvalue weighted by molar-refractivity contribution is -0.133. The summed E-state index contributed by atoms with van der Waals surface area (Å²) < 4.78 is 0. The first-order chi connectivity index (χ1) is 7.16. The van der Waals surface area contributed by atoms with E-state index in [2.05, 4.69) is 5.32 Å². The lowest BCUT2D eigenvalue weighted by Crippen LogP contribution is -2.44. The maximum absolute atomic E-state index is 11.9. The number of carbonyl (C=O) groups is 2. The van der Waals surface area contributed by atoms with Gasteiger partial charge in [-0.25, -0.2) is 0 Å². The Kier molecular flexibility index (Phi) is 2.93. The average Bonchev–Trinajstić information content (AvgIpc) is 2.23. The van der Waals surface area contributed by atoms with Crippen molar-refractivity contribution in [3.05, 3.63) is 0 Å². The summed E-state index contributed by atoms with van der Waals surface area (Å²) in [6, 6.07) is -0.347. The Labute approximate surface area is 90.0 Å². The van der Waals surface area contributed by atoms with Crippen LogP contribution in [0, 0.1) is 5.92 Å². The van der Waals surface area contributed by atoms with E-state index in [1.807, 2.05) is 4.90 Å². The van der Waals surface area contributed by atoms with Gasteiger partial charge in [0.1, 0.15) is 6.04 Å². The summed E-state index contributed by atoms with van der Waals surface area (Å²) in [7, 11) is 0. The molecule has 1 saturated heterocycles. The number of nitrogens with zero attached hydrogens (tertiary/aromatic N) is 1. The van der Waals surface area contributed by atoms with Crippen molar-refractivity contribution in [1.29, 1.82) is 0 Å². The van der Waals surface area contributed by atoms with E-state index in [0.29, 0.717) is 18.9 Å². The fraction of sp³-hybridized carbons (Fsp3) is 0.818. The summed E-state index contributed by atoms with van der Waals surface area (Å²) in [5.41, 5.74) is 0. The van der Waals surface area contributed by atoms with Crippen LogP contribution in [0.2, 0.25) is 0 Å². The lowest BCUT2D eigenvalue weighted by atomic mass is 9.85. The van der Waals surface area contributed by atoms with Gasteiger partial charge in [0.05, 0.1) is 0 Å². The van der Waals surface area contributed by atoms with Crippen LogP contribution in [0.15, 0.2) is 0 Å². The van der Waals surface area contributed by atoms with Gasteiger partial charge in [-0.2, -0.15) is 0 Å². The molecule has 0 bridgehead atoms. The molecule has 1 aliphatic carbocycles. The highest BCUT2D eigenvalue weighted by Gasteiger charge is 2.29. The normalized spacial score (nSPS) is 28.3. The minimum atomic E-state index is -0.347. The number of nitrogens with one attached hydrogen (secondary N) is 1. The molecular weight excluding hydrogens is 192 g/mol. The zero-order valence-electron chi connectivity index (χ0n) is 9.16. The molecule has 2 aliphatic rings. The highest BCUT2D eigenvalue weighted by molar-refractivity contribution is 5.89. The number of carbonyl (C=O) groups excluding carboxylic acids is 2. The van der Waals surface area contributed by atoms with Crippen molar-refractivity contribution in [2.24, 2.45) is 5.92 Å². The van der Waals surface area contributed by atoms with Crippen LogP contribution in [0.1, 0.15) is 32.6 Å². The van der Waals surface area contributed by atoms with Gasteiger partial charge in [-0.3, -0.25) is 9.59 Å². The number of hydrogen-bond acceptors (Lipinski definition) is 2. The molecule has 1 unspecified atom stereocenters. The predicted molar refractivity (Wildman–Crippen MR) is 56.1 cm³/mol. The summed E-state index contributed by atoms with van der Waals surface area (Å²) in [5, 5.41) is 2.70. The molecule has 84 valence electrons. The number of rotatable bonds is 2. The molecule has 2 amide bonds. The van der Waals surface area contributed by atoms with Crippen molar-refractivity contribution in [3.8, 4) is 0 Å². The van der Waals surface area contributed by atoms with Gasteiger partial charge in [0.25, 0.3) is 0 Å². The molecule has 1 saturated carbocycles. The maximum Gasteiger partial charge on any atom is 0.244 e. The highest BCUT2D eigenvalue weighted by Crippen LogP contribution is 2.27. The molecule has 0 aromatic carbocycles. The quantitative estimate of drug-likeness (QED) is 0.722. The van der Waals surface area contributed by atoms with Crippen LogP contribution in [0.5, 0.6) is 0 Å². The van der Waals surface area contributed by atoms with Gasteiger partial charge >= 0.3 is 0 Å². The van der Waals surface area contributed by atoms with E-state index in [4.69, 9.17) is 0 Å². The van der Waals surface area contributed by atoms with E-state index in [1.54, 1.807) is 6.92 Å². The number of hydrogen-bond donors (Lipinski definition) is 1. The van der Waals surface area contributed by atoms with Crippen LogP contribution in [-0.4, -0.2) is 35.8 Å². The average molecular weight is 210 g/mol. The van der Waals surface area contributed by atoms with Gasteiger partial charge in [-0.1, -0.05) is 6.42 Å². The van der Waals surface area contributed by atoms with Crippen molar-refractivity contribution < 1.29 is 9.59 Å². The minimum Gasteiger partial charge on any atom is -0.345 e. The monoisotopic (exact) mass is 210 g/mol. The second-order valence-electron chi connectivity index (χ2n) is 4.62. The standard InChI is InChI=1S/C11H18N2O2/c1-8-11(15)13(6-5-10(14)12-8)7-9-3-2-4-9/h8-9H,2-7H2,1H3,(H,12,14). The van der Waals surface area contributed by atoms with E-state index in [0.717, 1.165) is 6.54 Å². The third-order valence-corrected chi connectivity index (χ3v) is 3.37. The first-order valence-corrected chi connectivity index (χ1v) is 5.75. The van der Waals surface area contributed by atoms with Gasteiger partial charge < -0.3 is 10.2 Å². The van der Waals surface area contributed by atoms with Crippen LogP contribution >= 0.6 is 0 Å². The Bertz CT molecular complexity index is 274. The molecule has 1 heterocycles. The van der Waals surface area contributed by atoms with Crippen molar-refractivity contribution in [2.75, 3.05) is 13.1 Å². The van der Waals surface area contributed by atoms with Crippen LogP contribution < -0.4 is 5.32 Å². The molecule has 1 aliphatic heterocycles. The zero-order valence-corrected chi connectivity index (χ0v) is 9.16. The smallest absolute Gasteiger partial charge is 0.244 e. The fourth-order valence-corrected chi connectivity index (χ4v) is 2.16. The molecular formula is C11H18N2O2. The first-order valence-electron chi connectivity index (χ1n) is 5.75. The van der Waals surface area contributed by atoms with Crippen molar-refractivity contribution >= 4 is 11.8 Å². The predicted octanol–water partition coefficient (Wildman–Crippen LogP) is 0.523. The summed E-state index contributed by atoms with van der Waals surface area (Å²) in [6.45, 7) is 3.20. The molecule has 0 spiro atoms. The zero-order chi connectivity index (χ0) is 10.8. The Hall–Kier alpha value is -1.06. The summed E-state index contributed by atoms with van der Waals surface area (Å²) in [4.78, 5) is 25.0. The molecule has 0 aromatic heterocycles. The molecule has 4 heteroatoms. The van der Waals surface area contributed by atoms with E-state index in [1.165, 1.54) is 19.3 Å². The molecule has 1 atom stereocenters. The Morgan fingerprint density at radius 3 is 2.73 bits per heavy atom. The van der Waals surface area contributed by atoms with Crippen molar-refractivity contribution in [1.82, 2.24) is 10.2 Å². The van der Waals surface area contributed by atoms with Gasteiger partial charge in [-0.15, -0.1) is 0 Å². The second kappa shape index (κ2) is 4.21. The van der Waals surface area contributed by atoms with Crippen molar-refractivity contribution in [2.45, 2.75) is 38.6 Å². The maximum atomic E-state index is 11.9. The topological polar surface area (TPSA) is 49.4 Å². The van der Waals surface area contributed by atoms with Gasteiger partial charge in [0, 0.05) is 19.5 Å². The number of amides is 2. The minimum absolute atomic E-state index is 0.00744. The first kappa shape index (κ1) is 10.5. The largest absolute Gasteiger partial charge is 0.345 e. The third-order valence-electron chi connectivity index (χ3n) is 3.37. The third kappa shape index (κ3) is 2.30. The summed E-state index contributed by atoms with van der Waals surface area (Å²) >= 11 is 0. The molecule has 2 fully saturated rings. The molecule has 4 nitrogen and oxygen atoms in total. The van der Waals surface area contributed by atoms with Crippen LogP contribution in [0.25, 0.3) is 0 Å². The van der Waals surface area contributed by atoms with E-state index in [-0.39, 0.29) is 17.9 Å². The van der Waals surface area contributed by atoms with Gasteiger partial charge in [0.2, 0.25) is 11.8 Å². The SMILES string of the molecule is CC1NC(=O)CCN(CC2CCC2)C1=O. The van der Waals surface area contributed by atoms with Crippen molar-refractivity contribution in [3.63, 3.8) is 0 Å². The second-order valence-corrected chi connectivity index (χ2v) is 4.62. The Morgan fingerprint density at radius 2 is 2.13 bits per heavy atom.